The number of carbonyl (C=O) groups is 2. The number of carboxylic acid groups (broad SMARTS) is 1. The zero-order chi connectivity index (χ0) is 20.7. The van der Waals surface area contributed by atoms with Crippen LogP contribution in [0.5, 0.6) is 0 Å². The van der Waals surface area contributed by atoms with E-state index in [4.69, 9.17) is 8.83 Å². The Hall–Kier alpha value is -3.09. The first-order valence-corrected chi connectivity index (χ1v) is 9.83. The van der Waals surface area contributed by atoms with Gasteiger partial charge in [0.05, 0.1) is 12.5 Å². The smallest absolute Gasteiger partial charge is 0.339 e. The number of carboxylic acids is 1. The number of fused-ring (bicyclic) bond motifs is 4. The van der Waals surface area contributed by atoms with E-state index in [0.717, 1.165) is 58.9 Å². The third-order valence-corrected chi connectivity index (χ3v) is 5.76. The number of amides is 1. The molecule has 7 nitrogen and oxygen atoms in total. The van der Waals surface area contributed by atoms with Crippen molar-refractivity contribution in [2.45, 2.75) is 52.4 Å². The maximum Gasteiger partial charge on any atom is 0.339 e. The quantitative estimate of drug-likeness (QED) is 0.659. The van der Waals surface area contributed by atoms with Gasteiger partial charge in [0, 0.05) is 40.3 Å². The lowest BCUT2D eigenvalue weighted by Gasteiger charge is -2.11. The summed E-state index contributed by atoms with van der Waals surface area (Å²) in [6.07, 6.45) is 4.32. The molecule has 1 aromatic carbocycles. The molecule has 1 aliphatic rings. The lowest BCUT2D eigenvalue weighted by molar-refractivity contribution is -0.304. The van der Waals surface area contributed by atoms with Gasteiger partial charge < -0.3 is 24.1 Å². The van der Waals surface area contributed by atoms with E-state index in [0.29, 0.717) is 11.1 Å². The van der Waals surface area contributed by atoms with Crippen molar-refractivity contribution in [1.82, 2.24) is 5.32 Å². The topological polar surface area (TPSA) is 113 Å². The second-order valence-corrected chi connectivity index (χ2v) is 7.61. The Bertz CT molecular complexity index is 1200. The average molecular weight is 396 g/mol. The Labute approximate surface area is 166 Å². The Balaban J connectivity index is 1.75. The molecular weight excluding hydrogens is 374 g/mol. The molecule has 1 amide bonds. The predicted octanol–water partition coefficient (Wildman–Crippen LogP) is 1.83. The molecule has 0 atom stereocenters. The molecule has 1 N–H and O–H groups in total. The van der Waals surface area contributed by atoms with Crippen LogP contribution in [0.15, 0.2) is 19.7 Å². The van der Waals surface area contributed by atoms with Gasteiger partial charge >= 0.3 is 5.63 Å². The van der Waals surface area contributed by atoms with E-state index in [9.17, 15) is 19.5 Å². The van der Waals surface area contributed by atoms with E-state index >= 15 is 0 Å². The van der Waals surface area contributed by atoms with Crippen LogP contribution < -0.4 is 16.0 Å². The zero-order valence-electron chi connectivity index (χ0n) is 16.5. The number of furan rings is 1. The molecule has 4 rings (SSSR count). The molecular formula is C22H22NO6-. The van der Waals surface area contributed by atoms with Gasteiger partial charge in [-0.1, -0.05) is 0 Å². The molecule has 0 bridgehead atoms. The summed E-state index contributed by atoms with van der Waals surface area (Å²) in [5.74, 6) is -0.791. The lowest BCUT2D eigenvalue weighted by atomic mass is 9.93. The molecule has 0 radical (unpaired) electrons. The molecule has 0 fully saturated rings. The largest absolute Gasteiger partial charge is 0.548 e. The molecule has 7 heteroatoms. The zero-order valence-corrected chi connectivity index (χ0v) is 16.5. The van der Waals surface area contributed by atoms with Crippen LogP contribution >= 0.6 is 0 Å². The minimum atomic E-state index is -1.36. The summed E-state index contributed by atoms with van der Waals surface area (Å²) >= 11 is 0. The summed E-state index contributed by atoms with van der Waals surface area (Å²) in [7, 11) is 0. The highest BCUT2D eigenvalue weighted by molar-refractivity contribution is 6.00. The van der Waals surface area contributed by atoms with E-state index in [-0.39, 0.29) is 12.8 Å². The highest BCUT2D eigenvalue weighted by atomic mass is 16.4. The first kappa shape index (κ1) is 19.2. The van der Waals surface area contributed by atoms with Gasteiger partial charge in [-0.05, 0) is 51.2 Å². The fourth-order valence-electron chi connectivity index (χ4n) is 4.20. The third kappa shape index (κ3) is 3.41. The van der Waals surface area contributed by atoms with Crippen LogP contribution in [0.2, 0.25) is 0 Å². The number of nitrogens with one attached hydrogen (secondary N) is 1. The number of aryl methyl sites for hydroxylation is 4. The molecule has 0 saturated heterocycles. The van der Waals surface area contributed by atoms with E-state index in [2.05, 4.69) is 5.32 Å². The molecule has 152 valence electrons. The van der Waals surface area contributed by atoms with Gasteiger partial charge in [0.15, 0.2) is 0 Å². The molecule has 29 heavy (non-hydrogen) atoms. The van der Waals surface area contributed by atoms with Crippen LogP contribution in [0.1, 0.15) is 47.3 Å². The molecule has 3 aromatic rings. The van der Waals surface area contributed by atoms with Crippen molar-refractivity contribution >= 4 is 33.8 Å². The Kier molecular flexibility index (Phi) is 4.90. The predicted molar refractivity (Wildman–Crippen MR) is 105 cm³/mol. The van der Waals surface area contributed by atoms with Crippen LogP contribution in [0.25, 0.3) is 21.9 Å². The summed E-state index contributed by atoms with van der Waals surface area (Å²) in [4.78, 5) is 34.8. The minimum Gasteiger partial charge on any atom is -0.548 e. The van der Waals surface area contributed by atoms with Gasteiger partial charge in [-0.2, -0.15) is 0 Å². The fourth-order valence-corrected chi connectivity index (χ4v) is 4.20. The Morgan fingerprint density at radius 3 is 2.55 bits per heavy atom. The van der Waals surface area contributed by atoms with Crippen LogP contribution in [-0.2, 0) is 28.9 Å². The number of rotatable bonds is 5. The molecule has 0 saturated carbocycles. The number of benzene rings is 1. The van der Waals surface area contributed by atoms with Crippen LogP contribution in [0.3, 0.4) is 0 Å². The SMILES string of the molecule is Cc1c(CCC(=O)NCC(=O)[O-])c(=O)oc2c(C)c3oc4c(c3cc12)CCCC4. The third-order valence-electron chi connectivity index (χ3n) is 5.76. The maximum atomic E-state index is 12.6. The summed E-state index contributed by atoms with van der Waals surface area (Å²) in [5.41, 5.74) is 4.06. The summed E-state index contributed by atoms with van der Waals surface area (Å²) in [5, 5.41) is 14.6. The van der Waals surface area contributed by atoms with Crippen molar-refractivity contribution in [2.24, 2.45) is 0 Å². The Morgan fingerprint density at radius 1 is 1.07 bits per heavy atom. The number of hydrogen-bond acceptors (Lipinski definition) is 6. The summed E-state index contributed by atoms with van der Waals surface area (Å²) in [6, 6.07) is 2.03. The molecule has 0 spiro atoms. The van der Waals surface area contributed by atoms with Gasteiger partial charge in [-0.25, -0.2) is 4.79 Å². The van der Waals surface area contributed by atoms with Crippen LogP contribution in [0.4, 0.5) is 0 Å². The maximum absolute atomic E-state index is 12.6. The van der Waals surface area contributed by atoms with E-state index < -0.39 is 24.0 Å². The number of aliphatic carboxylic acids is 1. The highest BCUT2D eigenvalue weighted by Crippen LogP contribution is 2.37. The first-order chi connectivity index (χ1) is 13.9. The monoisotopic (exact) mass is 396 g/mol. The molecule has 0 aliphatic heterocycles. The Morgan fingerprint density at radius 2 is 1.79 bits per heavy atom. The van der Waals surface area contributed by atoms with Gasteiger partial charge in [0.25, 0.3) is 0 Å². The van der Waals surface area contributed by atoms with Crippen molar-refractivity contribution in [1.29, 1.82) is 0 Å². The number of carbonyl (C=O) groups excluding carboxylic acids is 2. The van der Waals surface area contributed by atoms with Gasteiger partial charge in [-0.3, -0.25) is 4.79 Å². The normalized spacial score (nSPS) is 13.6. The van der Waals surface area contributed by atoms with E-state index in [1.807, 2.05) is 19.9 Å². The number of hydrogen-bond donors (Lipinski definition) is 1. The average Bonchev–Trinajstić information content (AvgIpc) is 3.06. The van der Waals surface area contributed by atoms with Crippen molar-refractivity contribution in [3.8, 4) is 0 Å². The van der Waals surface area contributed by atoms with Crippen molar-refractivity contribution in [3.05, 3.63) is 44.5 Å². The van der Waals surface area contributed by atoms with Crippen molar-refractivity contribution in [2.75, 3.05) is 6.54 Å². The van der Waals surface area contributed by atoms with Gasteiger partial charge in [-0.15, -0.1) is 0 Å². The van der Waals surface area contributed by atoms with Crippen molar-refractivity contribution < 1.29 is 23.5 Å². The standard InChI is InChI=1S/C22H23NO6/c1-11-13(7-8-18(24)23-10-19(25)26)22(27)29-20-12(2)21-16(9-15(11)20)14-5-3-4-6-17(14)28-21/h9H,3-8,10H2,1-2H3,(H,23,24)(H,25,26)/p-1. The molecule has 2 aromatic heterocycles. The lowest BCUT2D eigenvalue weighted by Crippen LogP contribution is -2.37. The van der Waals surface area contributed by atoms with E-state index in [1.54, 1.807) is 0 Å². The molecule has 2 heterocycles. The van der Waals surface area contributed by atoms with Gasteiger partial charge in [0.1, 0.15) is 16.9 Å². The highest BCUT2D eigenvalue weighted by Gasteiger charge is 2.22. The fraction of sp³-hybridized carbons (Fsp3) is 0.409. The van der Waals surface area contributed by atoms with Crippen LogP contribution in [-0.4, -0.2) is 18.4 Å². The van der Waals surface area contributed by atoms with Crippen LogP contribution in [0, 0.1) is 13.8 Å². The summed E-state index contributed by atoms with van der Waals surface area (Å²) in [6.45, 7) is 3.20. The summed E-state index contributed by atoms with van der Waals surface area (Å²) < 4.78 is 11.7. The first-order valence-electron chi connectivity index (χ1n) is 9.83. The minimum absolute atomic E-state index is 0.00722. The second-order valence-electron chi connectivity index (χ2n) is 7.61. The molecule has 0 unspecified atom stereocenters. The van der Waals surface area contributed by atoms with Crippen molar-refractivity contribution in [3.63, 3.8) is 0 Å². The second kappa shape index (κ2) is 7.39. The van der Waals surface area contributed by atoms with Gasteiger partial charge in [0.2, 0.25) is 5.91 Å². The van der Waals surface area contributed by atoms with E-state index in [1.165, 1.54) is 5.56 Å². The molecule has 1 aliphatic carbocycles.